The predicted molar refractivity (Wildman–Crippen MR) is 226 cm³/mol. The molecule has 0 radical (unpaired) electrons. The Labute approximate surface area is 349 Å². The Bertz CT molecular complexity index is 2040. The van der Waals surface area contributed by atoms with Crippen molar-refractivity contribution in [1.82, 2.24) is 21.2 Å². The van der Waals surface area contributed by atoms with E-state index >= 15 is 0 Å². The number of rotatable bonds is 9. The van der Waals surface area contributed by atoms with Crippen molar-refractivity contribution in [2.45, 2.75) is 109 Å². The standard InChI is InChI=1S/C20H24N2O3S.C15H22N2O3S.C9H9NO/c1-13(14-7-5-4-6-8-14)9-17(23)22-11-15-10-16(19(24)21-25)26-18(15)20(2,3)12-22;1-15(2)9-16-8-10-7-11(21-13(10)15)14(18)17-20-12-5-3-4-6-19-12;1-8(10-7-11)9-5-3-2-4-6-9/h4-8,10,13,25H,9,11-12H2,1-3H3,(H,21,24);7,12,16H,3-6,8-9H2,1-2H3,(H,17,18);2-6,8H,1H3/t13-;;8-/m1.0/s1. The van der Waals surface area contributed by atoms with Crippen LogP contribution in [0.3, 0.4) is 0 Å². The summed E-state index contributed by atoms with van der Waals surface area (Å²) in [6.07, 6.45) is 4.66. The molecule has 7 rings (SSSR count). The minimum Gasteiger partial charge on any atom is -0.350 e. The van der Waals surface area contributed by atoms with Crippen LogP contribution in [-0.4, -0.2) is 59.9 Å². The highest BCUT2D eigenvalue weighted by Gasteiger charge is 2.37. The SMILES string of the molecule is CC1(C)CNCc2cc(C(=O)NOC3CCCCO3)sc21.C[C@H](CC(=O)N1Cc2cc(C(=O)NO)sc2C(C)(C)C1)c1ccccc1.C[C@H](N=C=O)c1ccccc1. The number of nitrogens with one attached hydrogen (secondary N) is 3. The average molecular weight is 830 g/mol. The molecule has 0 bridgehead atoms. The molecule has 0 spiro atoms. The van der Waals surface area contributed by atoms with Gasteiger partial charge >= 0.3 is 0 Å². The summed E-state index contributed by atoms with van der Waals surface area (Å²) >= 11 is 2.95. The van der Waals surface area contributed by atoms with Crippen LogP contribution in [0.5, 0.6) is 0 Å². The molecule has 14 heteroatoms. The van der Waals surface area contributed by atoms with Crippen LogP contribution in [0, 0.1) is 0 Å². The van der Waals surface area contributed by atoms with Gasteiger partial charge in [-0.3, -0.25) is 19.6 Å². The van der Waals surface area contributed by atoms with Crippen molar-refractivity contribution in [3.63, 3.8) is 0 Å². The van der Waals surface area contributed by atoms with Gasteiger partial charge in [-0.2, -0.15) is 4.99 Å². The van der Waals surface area contributed by atoms with E-state index < -0.39 is 5.91 Å². The zero-order chi connectivity index (χ0) is 41.9. The maximum Gasteiger partial charge on any atom is 0.285 e. The van der Waals surface area contributed by atoms with Crippen molar-refractivity contribution in [1.29, 1.82) is 0 Å². The van der Waals surface area contributed by atoms with E-state index in [0.717, 1.165) is 53.9 Å². The summed E-state index contributed by atoms with van der Waals surface area (Å²) in [4.78, 5) is 61.1. The van der Waals surface area contributed by atoms with Gasteiger partial charge in [0.25, 0.3) is 11.8 Å². The Morgan fingerprint density at radius 1 is 0.931 bits per heavy atom. The summed E-state index contributed by atoms with van der Waals surface area (Å²) in [6, 6.07) is 23.4. The normalized spacial score (nSPS) is 18.5. The van der Waals surface area contributed by atoms with Gasteiger partial charge in [0.2, 0.25) is 12.0 Å². The van der Waals surface area contributed by atoms with E-state index in [1.165, 1.54) is 21.8 Å². The number of aliphatic imine (C=N–C) groups is 1. The third-order valence-corrected chi connectivity index (χ3v) is 13.5. The zero-order valence-corrected chi connectivity index (χ0v) is 35.8. The van der Waals surface area contributed by atoms with Crippen molar-refractivity contribution in [2.75, 3.05) is 19.7 Å². The lowest BCUT2D eigenvalue weighted by molar-refractivity contribution is -0.186. The lowest BCUT2D eigenvalue weighted by Crippen LogP contribution is -2.44. The number of benzene rings is 2. The van der Waals surface area contributed by atoms with Crippen molar-refractivity contribution >= 4 is 46.5 Å². The van der Waals surface area contributed by atoms with Gasteiger partial charge < -0.3 is 15.0 Å². The Balaban J connectivity index is 0.000000179. The molecule has 4 aromatic rings. The minimum atomic E-state index is -0.504. The van der Waals surface area contributed by atoms with Crippen LogP contribution in [0.25, 0.3) is 0 Å². The molecule has 1 fully saturated rings. The highest BCUT2D eigenvalue weighted by atomic mass is 32.1. The van der Waals surface area contributed by atoms with Gasteiger partial charge in [-0.15, -0.1) is 22.7 Å². The second kappa shape index (κ2) is 20.4. The molecule has 1 unspecified atom stereocenters. The van der Waals surface area contributed by atoms with Crippen LogP contribution in [0.1, 0.15) is 131 Å². The molecule has 2 aromatic carbocycles. The molecule has 3 amide bonds. The molecule has 0 saturated carbocycles. The monoisotopic (exact) mass is 829 g/mol. The van der Waals surface area contributed by atoms with Crippen LogP contribution in [0.4, 0.5) is 0 Å². The minimum absolute atomic E-state index is 0.0735. The summed E-state index contributed by atoms with van der Waals surface area (Å²) in [7, 11) is 0. The second-order valence-corrected chi connectivity index (χ2v) is 18.3. The van der Waals surface area contributed by atoms with E-state index in [1.54, 1.807) is 29.0 Å². The molecule has 3 aliphatic heterocycles. The number of hydrogen-bond donors (Lipinski definition) is 4. The van der Waals surface area contributed by atoms with Crippen molar-refractivity contribution in [3.05, 3.63) is 115 Å². The Hall–Kier alpha value is -4.53. The first kappa shape index (κ1) is 44.6. The van der Waals surface area contributed by atoms with Crippen molar-refractivity contribution in [3.8, 4) is 0 Å². The van der Waals surface area contributed by atoms with Crippen molar-refractivity contribution in [2.24, 2.45) is 4.99 Å². The number of hydrogen-bond acceptors (Lipinski definition) is 11. The topological polar surface area (TPSA) is 159 Å². The third-order valence-electron chi connectivity index (χ3n) is 10.4. The molecule has 3 aliphatic rings. The molecule has 310 valence electrons. The van der Waals surface area contributed by atoms with Crippen LogP contribution in [0.15, 0.2) is 77.8 Å². The molecule has 0 aliphatic carbocycles. The fraction of sp³-hybridized carbons (Fsp3) is 0.455. The van der Waals surface area contributed by atoms with Crippen LogP contribution in [0.2, 0.25) is 0 Å². The Kier molecular flexibility index (Phi) is 15.7. The summed E-state index contributed by atoms with van der Waals surface area (Å²) in [5, 5.41) is 12.3. The quantitative estimate of drug-likeness (QED) is 0.0571. The molecule has 5 heterocycles. The number of nitrogens with zero attached hydrogens (tertiary/aromatic N) is 2. The van der Waals surface area contributed by atoms with Gasteiger partial charge in [0, 0.05) is 66.2 Å². The van der Waals surface area contributed by atoms with E-state index in [2.05, 4.69) is 62.5 Å². The van der Waals surface area contributed by atoms with Gasteiger partial charge in [0.05, 0.1) is 15.8 Å². The summed E-state index contributed by atoms with van der Waals surface area (Å²) in [6.45, 7) is 16.1. The predicted octanol–water partition coefficient (Wildman–Crippen LogP) is 8.08. The fourth-order valence-electron chi connectivity index (χ4n) is 7.26. The highest BCUT2D eigenvalue weighted by molar-refractivity contribution is 7.14. The number of ether oxygens (including phenoxy) is 1. The molecule has 58 heavy (non-hydrogen) atoms. The van der Waals surface area contributed by atoms with E-state index in [1.807, 2.05) is 66.4 Å². The van der Waals surface area contributed by atoms with Crippen LogP contribution < -0.4 is 16.3 Å². The van der Waals surface area contributed by atoms with Crippen LogP contribution in [-0.2, 0) is 43.1 Å². The van der Waals surface area contributed by atoms with E-state index in [9.17, 15) is 19.2 Å². The van der Waals surface area contributed by atoms with E-state index in [0.29, 0.717) is 35.9 Å². The number of isocyanates is 1. The third kappa shape index (κ3) is 11.8. The molecule has 3 atom stereocenters. The lowest BCUT2D eigenvalue weighted by Gasteiger charge is -2.38. The number of hydroxylamine groups is 2. The number of amides is 3. The first-order chi connectivity index (χ1) is 27.7. The first-order valence-corrected chi connectivity index (χ1v) is 21.3. The van der Waals surface area contributed by atoms with E-state index in [4.69, 9.17) is 14.8 Å². The smallest absolute Gasteiger partial charge is 0.285 e. The molecule has 2 aromatic heterocycles. The van der Waals surface area contributed by atoms with Gasteiger partial charge in [0.15, 0.2) is 6.29 Å². The van der Waals surface area contributed by atoms with Crippen molar-refractivity contribution < 1.29 is 34.0 Å². The molecular weight excluding hydrogens is 775 g/mol. The molecule has 12 nitrogen and oxygen atoms in total. The zero-order valence-electron chi connectivity index (χ0n) is 34.1. The second-order valence-electron chi connectivity index (χ2n) is 16.2. The van der Waals surface area contributed by atoms with Gasteiger partial charge in [-0.1, -0.05) is 95.3 Å². The average Bonchev–Trinajstić information content (AvgIpc) is 3.88. The van der Waals surface area contributed by atoms with Crippen LogP contribution >= 0.6 is 22.7 Å². The maximum absolute atomic E-state index is 12.9. The summed E-state index contributed by atoms with van der Waals surface area (Å²) in [5.74, 6) is -0.402. The fourth-order valence-corrected chi connectivity index (χ4v) is 9.58. The highest BCUT2D eigenvalue weighted by Crippen LogP contribution is 2.40. The lowest BCUT2D eigenvalue weighted by atomic mass is 9.84. The maximum atomic E-state index is 12.9. The number of carbonyl (C=O) groups is 3. The Morgan fingerprint density at radius 2 is 1.55 bits per heavy atom. The van der Waals surface area contributed by atoms with Gasteiger partial charge in [-0.25, -0.2) is 20.6 Å². The molecule has 4 N–H and O–H groups in total. The number of carbonyl (C=O) groups excluding carboxylic acids is 4. The van der Waals surface area contributed by atoms with Gasteiger partial charge in [-0.05, 0) is 60.1 Å². The number of thiophene rings is 2. The summed E-state index contributed by atoms with van der Waals surface area (Å²) in [5.41, 5.74) is 8.48. The molecular formula is C44H55N5O7S2. The largest absolute Gasteiger partial charge is 0.350 e. The molecule has 1 saturated heterocycles. The van der Waals surface area contributed by atoms with E-state index in [-0.39, 0.29) is 40.9 Å². The first-order valence-electron chi connectivity index (χ1n) is 19.7. The van der Waals surface area contributed by atoms with Gasteiger partial charge in [0.1, 0.15) is 0 Å². The summed E-state index contributed by atoms with van der Waals surface area (Å²) < 4.78 is 5.44. The number of fused-ring (bicyclic) bond motifs is 2. The Morgan fingerprint density at radius 3 is 2.16 bits per heavy atom.